The molecule has 0 aliphatic carbocycles. The zero-order valence-electron chi connectivity index (χ0n) is 13.1. The van der Waals surface area contributed by atoms with E-state index in [1.165, 1.54) is 21.9 Å². The van der Waals surface area contributed by atoms with E-state index in [1.807, 2.05) is 38.1 Å². The first-order chi connectivity index (χ1) is 10.9. The molecule has 0 unspecified atom stereocenters. The Hall–Kier alpha value is -1.80. The summed E-state index contributed by atoms with van der Waals surface area (Å²) in [6, 6.07) is 22.8. The van der Waals surface area contributed by atoms with Crippen LogP contribution in [0.5, 0.6) is 5.75 Å². The fourth-order valence-corrected chi connectivity index (χ4v) is 2.75. The van der Waals surface area contributed by atoms with Crippen LogP contribution in [-0.4, -0.2) is 0 Å². The normalized spacial score (nSPS) is 9.95. The van der Waals surface area contributed by atoms with Crippen LogP contribution >= 0.6 is 15.9 Å². The molecule has 0 bridgehead atoms. The molecule has 3 rings (SSSR count). The van der Waals surface area contributed by atoms with Gasteiger partial charge in [0.05, 0.1) is 0 Å². The van der Waals surface area contributed by atoms with E-state index in [9.17, 15) is 0 Å². The van der Waals surface area contributed by atoms with E-state index in [4.69, 9.17) is 4.74 Å². The van der Waals surface area contributed by atoms with Gasteiger partial charge in [0.15, 0.2) is 0 Å². The highest BCUT2D eigenvalue weighted by Gasteiger charge is 2.02. The first kappa shape index (κ1) is 16.6. The molecule has 114 valence electrons. The van der Waals surface area contributed by atoms with Gasteiger partial charge in [0.1, 0.15) is 12.4 Å². The Morgan fingerprint density at radius 3 is 2.36 bits per heavy atom. The van der Waals surface area contributed by atoms with Gasteiger partial charge in [-0.05, 0) is 34.0 Å². The van der Waals surface area contributed by atoms with Crippen LogP contribution in [0.4, 0.5) is 0 Å². The lowest BCUT2D eigenvalue weighted by Crippen LogP contribution is -1.95. The third kappa shape index (κ3) is 4.11. The van der Waals surface area contributed by atoms with Gasteiger partial charge in [-0.2, -0.15) is 0 Å². The standard InChI is InChI=1S/C18H15BrO.C2H6/c19-12-16-8-4-7-15-9-10-17(11-18(15)16)20-13-14-5-2-1-3-6-14;1-2/h1-11H,12-13H2;1-2H3. The number of hydrogen-bond donors (Lipinski definition) is 0. The second-order valence-electron chi connectivity index (χ2n) is 4.71. The number of ether oxygens (including phenoxy) is 1. The minimum atomic E-state index is 0.600. The Bertz CT molecular complexity index is 707. The number of fused-ring (bicyclic) bond motifs is 1. The Labute approximate surface area is 141 Å². The summed E-state index contributed by atoms with van der Waals surface area (Å²) < 4.78 is 5.88. The van der Waals surface area contributed by atoms with Gasteiger partial charge in [-0.1, -0.05) is 84.4 Å². The molecule has 0 amide bonds. The molecular formula is C20H21BrO. The molecule has 1 nitrogen and oxygen atoms in total. The van der Waals surface area contributed by atoms with Gasteiger partial charge in [-0.25, -0.2) is 0 Å². The monoisotopic (exact) mass is 356 g/mol. The SMILES string of the molecule is BrCc1cccc2ccc(OCc3ccccc3)cc12.CC. The lowest BCUT2D eigenvalue weighted by atomic mass is 10.1. The maximum absolute atomic E-state index is 5.88. The maximum atomic E-state index is 5.88. The second kappa shape index (κ2) is 8.60. The van der Waals surface area contributed by atoms with Crippen LogP contribution in [0.15, 0.2) is 66.7 Å². The van der Waals surface area contributed by atoms with Gasteiger partial charge in [0, 0.05) is 5.33 Å². The molecule has 2 heteroatoms. The van der Waals surface area contributed by atoms with Crippen molar-refractivity contribution in [2.24, 2.45) is 0 Å². The summed E-state index contributed by atoms with van der Waals surface area (Å²) >= 11 is 3.54. The van der Waals surface area contributed by atoms with E-state index in [1.54, 1.807) is 0 Å². The van der Waals surface area contributed by atoms with Crippen molar-refractivity contribution < 1.29 is 4.74 Å². The van der Waals surface area contributed by atoms with Crippen LogP contribution in [-0.2, 0) is 11.9 Å². The molecule has 0 fully saturated rings. The molecule has 0 aliphatic rings. The van der Waals surface area contributed by atoms with Crippen molar-refractivity contribution in [2.45, 2.75) is 25.8 Å². The van der Waals surface area contributed by atoms with E-state index in [0.29, 0.717) is 6.61 Å². The van der Waals surface area contributed by atoms with E-state index in [2.05, 4.69) is 58.4 Å². The largest absolute Gasteiger partial charge is 0.489 e. The molecule has 0 spiro atoms. The van der Waals surface area contributed by atoms with Crippen molar-refractivity contribution in [1.29, 1.82) is 0 Å². The molecule has 3 aromatic carbocycles. The van der Waals surface area contributed by atoms with Gasteiger partial charge in [0.2, 0.25) is 0 Å². The summed E-state index contributed by atoms with van der Waals surface area (Å²) in [7, 11) is 0. The number of halogens is 1. The van der Waals surface area contributed by atoms with E-state index in [-0.39, 0.29) is 0 Å². The number of rotatable bonds is 4. The summed E-state index contributed by atoms with van der Waals surface area (Å²) in [6.07, 6.45) is 0. The fourth-order valence-electron chi connectivity index (χ4n) is 2.26. The molecule has 3 aromatic rings. The lowest BCUT2D eigenvalue weighted by molar-refractivity contribution is 0.306. The van der Waals surface area contributed by atoms with E-state index < -0.39 is 0 Å². The van der Waals surface area contributed by atoms with Crippen molar-refractivity contribution in [2.75, 3.05) is 0 Å². The van der Waals surface area contributed by atoms with Crippen molar-refractivity contribution in [1.82, 2.24) is 0 Å². The molecule has 0 radical (unpaired) electrons. The Morgan fingerprint density at radius 1 is 0.864 bits per heavy atom. The molecule has 0 saturated carbocycles. The molecule has 0 aromatic heterocycles. The summed E-state index contributed by atoms with van der Waals surface area (Å²) in [6.45, 7) is 4.60. The smallest absolute Gasteiger partial charge is 0.120 e. The van der Waals surface area contributed by atoms with Gasteiger partial charge >= 0.3 is 0 Å². The Balaban J connectivity index is 0.000000847. The van der Waals surface area contributed by atoms with E-state index in [0.717, 1.165) is 11.1 Å². The van der Waals surface area contributed by atoms with Gasteiger partial charge in [-0.3, -0.25) is 0 Å². The number of alkyl halides is 1. The van der Waals surface area contributed by atoms with Crippen molar-refractivity contribution in [3.63, 3.8) is 0 Å². The third-order valence-electron chi connectivity index (χ3n) is 3.34. The van der Waals surface area contributed by atoms with Crippen LogP contribution in [0.25, 0.3) is 10.8 Å². The molecular weight excluding hydrogens is 336 g/mol. The van der Waals surface area contributed by atoms with Gasteiger partial charge in [0.25, 0.3) is 0 Å². The van der Waals surface area contributed by atoms with Crippen LogP contribution < -0.4 is 4.74 Å². The average Bonchev–Trinajstić information content (AvgIpc) is 2.62. The fraction of sp³-hybridized carbons (Fsp3) is 0.200. The average molecular weight is 357 g/mol. The van der Waals surface area contributed by atoms with E-state index >= 15 is 0 Å². The van der Waals surface area contributed by atoms with Crippen LogP contribution in [0.3, 0.4) is 0 Å². The van der Waals surface area contributed by atoms with Crippen LogP contribution in [0.1, 0.15) is 25.0 Å². The highest BCUT2D eigenvalue weighted by Crippen LogP contribution is 2.26. The molecule has 0 N–H and O–H groups in total. The molecule has 0 aliphatic heterocycles. The molecule has 22 heavy (non-hydrogen) atoms. The van der Waals surface area contributed by atoms with Crippen LogP contribution in [0.2, 0.25) is 0 Å². The number of benzene rings is 3. The van der Waals surface area contributed by atoms with Gasteiger partial charge in [-0.15, -0.1) is 0 Å². The minimum Gasteiger partial charge on any atom is -0.489 e. The zero-order chi connectivity index (χ0) is 15.8. The first-order valence-corrected chi connectivity index (χ1v) is 8.73. The van der Waals surface area contributed by atoms with Crippen molar-refractivity contribution >= 4 is 26.7 Å². The topological polar surface area (TPSA) is 9.23 Å². The molecule has 0 heterocycles. The quantitative estimate of drug-likeness (QED) is 0.495. The number of hydrogen-bond acceptors (Lipinski definition) is 1. The zero-order valence-corrected chi connectivity index (χ0v) is 14.6. The highest BCUT2D eigenvalue weighted by atomic mass is 79.9. The Morgan fingerprint density at radius 2 is 1.64 bits per heavy atom. The summed E-state index contributed by atoms with van der Waals surface area (Å²) in [5.41, 5.74) is 2.47. The summed E-state index contributed by atoms with van der Waals surface area (Å²) in [4.78, 5) is 0. The minimum absolute atomic E-state index is 0.600. The predicted octanol–water partition coefficient (Wildman–Crippen LogP) is 6.34. The predicted molar refractivity (Wildman–Crippen MR) is 98.7 cm³/mol. The van der Waals surface area contributed by atoms with Gasteiger partial charge < -0.3 is 4.74 Å². The maximum Gasteiger partial charge on any atom is 0.120 e. The lowest BCUT2D eigenvalue weighted by Gasteiger charge is -2.09. The summed E-state index contributed by atoms with van der Waals surface area (Å²) in [5.74, 6) is 0.912. The van der Waals surface area contributed by atoms with Crippen molar-refractivity contribution in [3.8, 4) is 5.75 Å². The first-order valence-electron chi connectivity index (χ1n) is 7.61. The third-order valence-corrected chi connectivity index (χ3v) is 3.94. The molecule has 0 saturated heterocycles. The molecule has 0 atom stereocenters. The highest BCUT2D eigenvalue weighted by molar-refractivity contribution is 9.08. The summed E-state index contributed by atoms with van der Waals surface area (Å²) in [5, 5.41) is 3.34. The second-order valence-corrected chi connectivity index (χ2v) is 5.27. The van der Waals surface area contributed by atoms with Crippen molar-refractivity contribution in [3.05, 3.63) is 77.9 Å². The Kier molecular flexibility index (Phi) is 6.47. The van der Waals surface area contributed by atoms with Crippen LogP contribution in [0, 0.1) is 0 Å².